The van der Waals surface area contributed by atoms with Crippen LogP contribution in [0.2, 0.25) is 0 Å². The lowest BCUT2D eigenvalue weighted by molar-refractivity contribution is -0.123. The summed E-state index contributed by atoms with van der Waals surface area (Å²) in [6, 6.07) is 0. The van der Waals surface area contributed by atoms with Crippen molar-refractivity contribution in [2.45, 2.75) is 77.7 Å². The Morgan fingerprint density at radius 2 is 1.95 bits per heavy atom. The minimum atomic E-state index is -0.238. The van der Waals surface area contributed by atoms with Gasteiger partial charge in [-0.2, -0.15) is 0 Å². The van der Waals surface area contributed by atoms with Gasteiger partial charge in [0.1, 0.15) is 0 Å². The quantitative estimate of drug-likeness (QED) is 0.745. The zero-order valence-electron chi connectivity index (χ0n) is 13.0. The third-order valence-corrected chi connectivity index (χ3v) is 4.25. The van der Waals surface area contributed by atoms with Gasteiger partial charge in [-0.25, -0.2) is 0 Å². The second kappa shape index (κ2) is 7.88. The summed E-state index contributed by atoms with van der Waals surface area (Å²) in [6.45, 7) is 6.91. The number of hydrogen-bond acceptors (Lipinski definition) is 2. The van der Waals surface area contributed by atoms with Crippen LogP contribution < -0.4 is 11.1 Å². The number of nitrogens with two attached hydrogens (primary N) is 1. The van der Waals surface area contributed by atoms with Gasteiger partial charge in [0.25, 0.3) is 0 Å². The lowest BCUT2D eigenvalue weighted by Crippen LogP contribution is -2.52. The van der Waals surface area contributed by atoms with Crippen LogP contribution in [0, 0.1) is 11.8 Å². The van der Waals surface area contributed by atoms with Crippen LogP contribution in [-0.2, 0) is 4.79 Å². The van der Waals surface area contributed by atoms with Gasteiger partial charge in [-0.1, -0.05) is 46.0 Å². The van der Waals surface area contributed by atoms with Crippen molar-refractivity contribution in [3.63, 3.8) is 0 Å². The Morgan fingerprint density at radius 1 is 1.32 bits per heavy atom. The van der Waals surface area contributed by atoms with E-state index in [9.17, 15) is 4.79 Å². The average Bonchev–Trinajstić information content (AvgIpc) is 2.36. The number of carbonyl (C=O) groups is 1. The molecule has 0 aromatic rings. The first-order valence-corrected chi connectivity index (χ1v) is 7.96. The van der Waals surface area contributed by atoms with E-state index >= 15 is 0 Å². The zero-order chi connectivity index (χ0) is 14.3. The molecule has 19 heavy (non-hydrogen) atoms. The molecular formula is C16H32N2O. The molecule has 0 aromatic heterocycles. The molecule has 0 aliphatic heterocycles. The Hall–Kier alpha value is -0.570. The molecule has 0 saturated heterocycles. The summed E-state index contributed by atoms with van der Waals surface area (Å²) in [7, 11) is 0. The molecule has 1 aliphatic carbocycles. The smallest absolute Gasteiger partial charge is 0.220 e. The summed E-state index contributed by atoms with van der Waals surface area (Å²) in [5.74, 6) is 1.50. The molecule has 0 spiro atoms. The molecule has 1 atom stereocenters. The SMILES string of the molecule is CC(C)CC(C)(CN)NC(=O)CCC1CCCCC1. The van der Waals surface area contributed by atoms with E-state index in [0.29, 0.717) is 18.9 Å². The Kier molecular flexibility index (Phi) is 6.84. The van der Waals surface area contributed by atoms with Gasteiger partial charge in [-0.15, -0.1) is 0 Å². The summed E-state index contributed by atoms with van der Waals surface area (Å²) in [6.07, 6.45) is 9.36. The van der Waals surface area contributed by atoms with Crippen molar-refractivity contribution in [2.75, 3.05) is 6.54 Å². The molecule has 0 heterocycles. The Morgan fingerprint density at radius 3 is 2.47 bits per heavy atom. The fourth-order valence-electron chi connectivity index (χ4n) is 3.30. The molecule has 0 bridgehead atoms. The molecule has 1 fully saturated rings. The summed E-state index contributed by atoms with van der Waals surface area (Å²) in [5.41, 5.74) is 5.59. The molecule has 1 unspecified atom stereocenters. The predicted molar refractivity (Wildman–Crippen MR) is 80.9 cm³/mol. The van der Waals surface area contributed by atoms with Gasteiger partial charge in [0.05, 0.1) is 0 Å². The van der Waals surface area contributed by atoms with Crippen LogP contribution in [0.25, 0.3) is 0 Å². The number of rotatable bonds is 7. The molecular weight excluding hydrogens is 236 g/mol. The van der Waals surface area contributed by atoms with E-state index in [4.69, 9.17) is 5.73 Å². The Labute approximate surface area is 118 Å². The van der Waals surface area contributed by atoms with E-state index in [1.165, 1.54) is 32.1 Å². The van der Waals surface area contributed by atoms with Crippen molar-refractivity contribution in [3.8, 4) is 0 Å². The Balaban J connectivity index is 2.31. The van der Waals surface area contributed by atoms with Crippen molar-refractivity contribution >= 4 is 5.91 Å². The van der Waals surface area contributed by atoms with Crippen molar-refractivity contribution < 1.29 is 4.79 Å². The Bertz CT molecular complexity index is 272. The fourth-order valence-corrected chi connectivity index (χ4v) is 3.30. The molecule has 3 nitrogen and oxygen atoms in total. The first-order valence-electron chi connectivity index (χ1n) is 7.96. The highest BCUT2D eigenvalue weighted by Crippen LogP contribution is 2.27. The minimum Gasteiger partial charge on any atom is -0.350 e. The van der Waals surface area contributed by atoms with Crippen molar-refractivity contribution in [1.82, 2.24) is 5.32 Å². The van der Waals surface area contributed by atoms with Gasteiger partial charge in [0.15, 0.2) is 0 Å². The van der Waals surface area contributed by atoms with Crippen LogP contribution in [0.1, 0.15) is 72.1 Å². The van der Waals surface area contributed by atoms with Gasteiger partial charge in [0.2, 0.25) is 5.91 Å². The molecule has 3 N–H and O–H groups in total. The number of nitrogens with one attached hydrogen (secondary N) is 1. The molecule has 3 heteroatoms. The molecule has 1 aliphatic rings. The van der Waals surface area contributed by atoms with Gasteiger partial charge >= 0.3 is 0 Å². The number of amides is 1. The van der Waals surface area contributed by atoms with Gasteiger partial charge in [-0.3, -0.25) is 4.79 Å². The third kappa shape index (κ3) is 6.42. The maximum Gasteiger partial charge on any atom is 0.220 e. The summed E-state index contributed by atoms with van der Waals surface area (Å²) in [4.78, 5) is 12.1. The van der Waals surface area contributed by atoms with Crippen LogP contribution in [0.4, 0.5) is 0 Å². The summed E-state index contributed by atoms with van der Waals surface area (Å²) >= 11 is 0. The number of carbonyl (C=O) groups excluding carboxylic acids is 1. The van der Waals surface area contributed by atoms with Gasteiger partial charge < -0.3 is 11.1 Å². The molecule has 112 valence electrons. The van der Waals surface area contributed by atoms with E-state index in [0.717, 1.165) is 18.8 Å². The van der Waals surface area contributed by atoms with Gasteiger partial charge in [-0.05, 0) is 31.6 Å². The van der Waals surface area contributed by atoms with Gasteiger partial charge in [0, 0.05) is 18.5 Å². The van der Waals surface area contributed by atoms with E-state index in [-0.39, 0.29) is 11.4 Å². The maximum absolute atomic E-state index is 12.1. The molecule has 1 rings (SSSR count). The monoisotopic (exact) mass is 268 g/mol. The molecule has 1 saturated carbocycles. The topological polar surface area (TPSA) is 55.1 Å². The maximum atomic E-state index is 12.1. The standard InChI is InChI=1S/C16H32N2O/c1-13(2)11-16(3,12-17)18-15(19)10-9-14-7-5-4-6-8-14/h13-14H,4-12,17H2,1-3H3,(H,18,19). The molecule has 1 amide bonds. The average molecular weight is 268 g/mol. The van der Waals surface area contributed by atoms with Crippen LogP contribution in [0.15, 0.2) is 0 Å². The third-order valence-electron chi connectivity index (χ3n) is 4.25. The minimum absolute atomic E-state index is 0.180. The van der Waals surface area contributed by atoms with E-state index < -0.39 is 0 Å². The molecule has 0 radical (unpaired) electrons. The highest BCUT2D eigenvalue weighted by Gasteiger charge is 2.26. The second-order valence-corrected chi connectivity index (χ2v) is 6.95. The van der Waals surface area contributed by atoms with Crippen molar-refractivity contribution in [2.24, 2.45) is 17.6 Å². The summed E-state index contributed by atoms with van der Waals surface area (Å²) in [5, 5.41) is 3.15. The van der Waals surface area contributed by atoms with Crippen molar-refractivity contribution in [1.29, 1.82) is 0 Å². The zero-order valence-corrected chi connectivity index (χ0v) is 13.0. The van der Waals surface area contributed by atoms with Crippen molar-refractivity contribution in [3.05, 3.63) is 0 Å². The highest BCUT2D eigenvalue weighted by molar-refractivity contribution is 5.76. The highest BCUT2D eigenvalue weighted by atomic mass is 16.1. The van der Waals surface area contributed by atoms with Crippen LogP contribution >= 0.6 is 0 Å². The lowest BCUT2D eigenvalue weighted by Gasteiger charge is -2.31. The predicted octanol–water partition coefficient (Wildman–Crippen LogP) is 3.23. The van der Waals surface area contributed by atoms with Crippen LogP contribution in [0.5, 0.6) is 0 Å². The first kappa shape index (κ1) is 16.5. The van der Waals surface area contributed by atoms with Crippen LogP contribution in [0.3, 0.4) is 0 Å². The second-order valence-electron chi connectivity index (χ2n) is 6.95. The van der Waals surface area contributed by atoms with Crippen LogP contribution in [-0.4, -0.2) is 18.0 Å². The first-order chi connectivity index (χ1) is 8.95. The number of hydrogen-bond donors (Lipinski definition) is 2. The largest absolute Gasteiger partial charge is 0.350 e. The van der Waals surface area contributed by atoms with E-state index in [2.05, 4.69) is 26.1 Å². The fraction of sp³-hybridized carbons (Fsp3) is 0.938. The normalized spacial score (nSPS) is 20.3. The van der Waals surface area contributed by atoms with E-state index in [1.54, 1.807) is 0 Å². The summed E-state index contributed by atoms with van der Waals surface area (Å²) < 4.78 is 0. The van der Waals surface area contributed by atoms with E-state index in [1.807, 2.05) is 0 Å². The lowest BCUT2D eigenvalue weighted by atomic mass is 9.85. The molecule has 0 aromatic carbocycles.